The van der Waals surface area contributed by atoms with Gasteiger partial charge in [0.05, 0.1) is 7.11 Å². The van der Waals surface area contributed by atoms with Gasteiger partial charge in [0.2, 0.25) is 0 Å². The Kier molecular flexibility index (Phi) is 5.21. The molecule has 20 heavy (non-hydrogen) atoms. The van der Waals surface area contributed by atoms with Crippen molar-refractivity contribution in [3.8, 4) is 5.75 Å². The summed E-state index contributed by atoms with van der Waals surface area (Å²) in [6.07, 6.45) is 4.94. The maximum Gasteiger partial charge on any atom is 0.191 e. The SMILES string of the molecule is CN=C(NCc1ccc(OC)c(F)c1)NC1CCCC1. The van der Waals surface area contributed by atoms with Crippen molar-refractivity contribution in [3.05, 3.63) is 29.6 Å². The minimum Gasteiger partial charge on any atom is -0.494 e. The standard InChI is InChI=1S/C15H22FN3O/c1-17-15(19-12-5-3-4-6-12)18-10-11-7-8-14(20-2)13(16)9-11/h7-9,12H,3-6,10H2,1-2H3,(H2,17,18,19). The third-order valence-corrected chi connectivity index (χ3v) is 3.60. The molecule has 0 unspecified atom stereocenters. The molecule has 0 bridgehead atoms. The van der Waals surface area contributed by atoms with E-state index in [-0.39, 0.29) is 11.6 Å². The number of halogens is 1. The van der Waals surface area contributed by atoms with Crippen LogP contribution in [0.2, 0.25) is 0 Å². The first-order valence-corrected chi connectivity index (χ1v) is 7.02. The Bertz CT molecular complexity index is 470. The zero-order chi connectivity index (χ0) is 14.4. The summed E-state index contributed by atoms with van der Waals surface area (Å²) in [7, 11) is 3.21. The second-order valence-electron chi connectivity index (χ2n) is 5.02. The monoisotopic (exact) mass is 279 g/mol. The van der Waals surface area contributed by atoms with Gasteiger partial charge < -0.3 is 15.4 Å². The van der Waals surface area contributed by atoms with Gasteiger partial charge in [0, 0.05) is 19.6 Å². The minimum atomic E-state index is -0.342. The van der Waals surface area contributed by atoms with Crippen molar-refractivity contribution in [2.24, 2.45) is 4.99 Å². The van der Waals surface area contributed by atoms with Crippen LogP contribution in [-0.4, -0.2) is 26.2 Å². The molecule has 2 N–H and O–H groups in total. The highest BCUT2D eigenvalue weighted by molar-refractivity contribution is 5.79. The van der Waals surface area contributed by atoms with Crippen LogP contribution in [-0.2, 0) is 6.54 Å². The summed E-state index contributed by atoms with van der Waals surface area (Å²) in [6, 6.07) is 5.47. The molecule has 0 spiro atoms. The van der Waals surface area contributed by atoms with E-state index in [0.717, 1.165) is 11.5 Å². The quantitative estimate of drug-likeness (QED) is 0.657. The number of nitrogens with one attached hydrogen (secondary N) is 2. The molecule has 1 aromatic rings. The summed E-state index contributed by atoms with van der Waals surface area (Å²) in [5, 5.41) is 6.60. The van der Waals surface area contributed by atoms with Crippen LogP contribution in [0.4, 0.5) is 4.39 Å². The van der Waals surface area contributed by atoms with Gasteiger partial charge in [-0.2, -0.15) is 0 Å². The largest absolute Gasteiger partial charge is 0.494 e. The van der Waals surface area contributed by atoms with Crippen molar-refractivity contribution in [1.82, 2.24) is 10.6 Å². The normalized spacial score (nSPS) is 16.2. The van der Waals surface area contributed by atoms with Gasteiger partial charge in [-0.25, -0.2) is 4.39 Å². The summed E-state index contributed by atoms with van der Waals surface area (Å²) in [4.78, 5) is 4.20. The lowest BCUT2D eigenvalue weighted by molar-refractivity contribution is 0.386. The van der Waals surface area contributed by atoms with Gasteiger partial charge in [0.15, 0.2) is 17.5 Å². The highest BCUT2D eigenvalue weighted by atomic mass is 19.1. The number of benzene rings is 1. The van der Waals surface area contributed by atoms with Crippen LogP contribution in [0.15, 0.2) is 23.2 Å². The van der Waals surface area contributed by atoms with Gasteiger partial charge in [-0.1, -0.05) is 18.9 Å². The highest BCUT2D eigenvalue weighted by Gasteiger charge is 2.15. The molecule has 1 fully saturated rings. The van der Waals surface area contributed by atoms with E-state index in [1.54, 1.807) is 13.1 Å². The van der Waals surface area contributed by atoms with Crippen LogP contribution < -0.4 is 15.4 Å². The number of rotatable bonds is 4. The first-order valence-electron chi connectivity index (χ1n) is 7.02. The molecule has 2 rings (SSSR count). The highest BCUT2D eigenvalue weighted by Crippen LogP contribution is 2.18. The second-order valence-corrected chi connectivity index (χ2v) is 5.02. The molecule has 1 saturated carbocycles. The number of aliphatic imine (C=N–C) groups is 1. The Hall–Kier alpha value is -1.78. The molecule has 5 heteroatoms. The lowest BCUT2D eigenvalue weighted by Crippen LogP contribution is -2.41. The third-order valence-electron chi connectivity index (χ3n) is 3.60. The van der Waals surface area contributed by atoms with Crippen LogP contribution in [0.25, 0.3) is 0 Å². The van der Waals surface area contributed by atoms with E-state index in [0.29, 0.717) is 12.6 Å². The van der Waals surface area contributed by atoms with Gasteiger partial charge in [-0.05, 0) is 30.5 Å². The van der Waals surface area contributed by atoms with Gasteiger partial charge in [-0.3, -0.25) is 4.99 Å². The first kappa shape index (κ1) is 14.6. The zero-order valence-electron chi connectivity index (χ0n) is 12.1. The topological polar surface area (TPSA) is 45.7 Å². The lowest BCUT2D eigenvalue weighted by Gasteiger charge is -2.17. The summed E-state index contributed by atoms with van der Waals surface area (Å²) in [5.41, 5.74) is 0.859. The van der Waals surface area contributed by atoms with Crippen LogP contribution >= 0.6 is 0 Å². The molecular weight excluding hydrogens is 257 g/mol. The molecule has 0 amide bonds. The molecule has 1 aromatic carbocycles. The Morgan fingerprint density at radius 2 is 2.15 bits per heavy atom. The number of ether oxygens (including phenoxy) is 1. The first-order chi connectivity index (χ1) is 9.72. The molecule has 0 aromatic heterocycles. The summed E-state index contributed by atoms with van der Waals surface area (Å²) < 4.78 is 18.5. The Labute approximate surface area is 119 Å². The average Bonchev–Trinajstić information content (AvgIpc) is 2.96. The maximum absolute atomic E-state index is 13.6. The molecular formula is C15H22FN3O. The van der Waals surface area contributed by atoms with Crippen LogP contribution in [0, 0.1) is 5.82 Å². The van der Waals surface area contributed by atoms with E-state index < -0.39 is 0 Å². The number of hydrogen-bond donors (Lipinski definition) is 2. The Morgan fingerprint density at radius 1 is 1.40 bits per heavy atom. The number of methoxy groups -OCH3 is 1. The van der Waals surface area contributed by atoms with E-state index in [9.17, 15) is 4.39 Å². The van der Waals surface area contributed by atoms with E-state index in [1.807, 2.05) is 6.07 Å². The lowest BCUT2D eigenvalue weighted by atomic mass is 10.2. The molecule has 110 valence electrons. The second kappa shape index (κ2) is 7.12. The van der Waals surface area contributed by atoms with Gasteiger partial charge in [-0.15, -0.1) is 0 Å². The van der Waals surface area contributed by atoms with E-state index in [2.05, 4.69) is 15.6 Å². The van der Waals surface area contributed by atoms with Gasteiger partial charge in [0.25, 0.3) is 0 Å². The Morgan fingerprint density at radius 3 is 2.75 bits per heavy atom. The fraction of sp³-hybridized carbons (Fsp3) is 0.533. The molecule has 0 heterocycles. The minimum absolute atomic E-state index is 0.266. The van der Waals surface area contributed by atoms with Crippen molar-refractivity contribution < 1.29 is 9.13 Å². The molecule has 0 saturated heterocycles. The van der Waals surface area contributed by atoms with Crippen LogP contribution in [0.3, 0.4) is 0 Å². The average molecular weight is 279 g/mol. The molecule has 1 aliphatic carbocycles. The number of guanidine groups is 1. The third kappa shape index (κ3) is 3.85. The maximum atomic E-state index is 13.6. The van der Waals surface area contributed by atoms with Crippen molar-refractivity contribution >= 4 is 5.96 Å². The van der Waals surface area contributed by atoms with Crippen LogP contribution in [0.1, 0.15) is 31.2 Å². The van der Waals surface area contributed by atoms with E-state index >= 15 is 0 Å². The summed E-state index contributed by atoms with van der Waals surface area (Å²) in [6.45, 7) is 0.535. The summed E-state index contributed by atoms with van der Waals surface area (Å²) >= 11 is 0. The number of hydrogen-bond acceptors (Lipinski definition) is 2. The Balaban J connectivity index is 1.87. The van der Waals surface area contributed by atoms with Crippen molar-refractivity contribution in [1.29, 1.82) is 0 Å². The molecule has 0 aliphatic heterocycles. The van der Waals surface area contributed by atoms with E-state index in [1.165, 1.54) is 38.9 Å². The predicted molar refractivity (Wildman–Crippen MR) is 78.5 cm³/mol. The van der Waals surface area contributed by atoms with Gasteiger partial charge >= 0.3 is 0 Å². The molecule has 0 radical (unpaired) electrons. The van der Waals surface area contributed by atoms with Crippen molar-refractivity contribution in [2.75, 3.05) is 14.2 Å². The fourth-order valence-corrected chi connectivity index (χ4v) is 2.46. The number of nitrogens with zero attached hydrogens (tertiary/aromatic N) is 1. The molecule has 4 nitrogen and oxygen atoms in total. The zero-order valence-corrected chi connectivity index (χ0v) is 12.1. The molecule has 1 aliphatic rings. The van der Waals surface area contributed by atoms with Gasteiger partial charge in [0.1, 0.15) is 0 Å². The summed E-state index contributed by atoms with van der Waals surface area (Å²) in [5.74, 6) is 0.695. The van der Waals surface area contributed by atoms with E-state index in [4.69, 9.17) is 4.74 Å². The fourth-order valence-electron chi connectivity index (χ4n) is 2.46. The van der Waals surface area contributed by atoms with Crippen molar-refractivity contribution in [3.63, 3.8) is 0 Å². The smallest absolute Gasteiger partial charge is 0.191 e. The van der Waals surface area contributed by atoms with Crippen LogP contribution in [0.5, 0.6) is 5.75 Å². The predicted octanol–water partition coefficient (Wildman–Crippen LogP) is 2.44. The van der Waals surface area contributed by atoms with Crippen molar-refractivity contribution in [2.45, 2.75) is 38.3 Å². The molecule has 0 atom stereocenters.